The Labute approximate surface area is 123 Å². The highest BCUT2D eigenvalue weighted by molar-refractivity contribution is 8.13. The van der Waals surface area contributed by atoms with E-state index in [2.05, 4.69) is 5.32 Å². The molecule has 20 heavy (non-hydrogen) atoms. The summed E-state index contributed by atoms with van der Waals surface area (Å²) in [7, 11) is 1.52. The van der Waals surface area contributed by atoms with Gasteiger partial charge in [0.2, 0.25) is 0 Å². The van der Waals surface area contributed by atoms with Gasteiger partial charge in [0.05, 0.1) is 0 Å². The number of halogens is 1. The summed E-state index contributed by atoms with van der Waals surface area (Å²) in [6.45, 7) is 4.51. The summed E-state index contributed by atoms with van der Waals surface area (Å²) in [6, 6.07) is 1.45. The van der Waals surface area contributed by atoms with Gasteiger partial charge in [0.1, 0.15) is 10.6 Å². The van der Waals surface area contributed by atoms with Crippen molar-refractivity contribution in [2.24, 2.45) is 5.92 Å². The van der Waals surface area contributed by atoms with Crippen molar-refractivity contribution in [1.82, 2.24) is 9.88 Å². The summed E-state index contributed by atoms with van der Waals surface area (Å²) in [4.78, 5) is 12.2. The van der Waals surface area contributed by atoms with Crippen LogP contribution in [0.15, 0.2) is 17.2 Å². The number of hydrogen-bond acceptors (Lipinski definition) is 3. The maximum Gasteiger partial charge on any atom is 0.268 e. The van der Waals surface area contributed by atoms with E-state index in [1.165, 1.54) is 12.3 Å². The number of carbonyl (C=O) groups is 1. The van der Waals surface area contributed by atoms with Gasteiger partial charge < -0.3 is 9.88 Å². The summed E-state index contributed by atoms with van der Waals surface area (Å²) < 4.78 is 24.4. The molecular weight excluding hydrogens is 300 g/mol. The molecule has 1 amide bonds. The van der Waals surface area contributed by atoms with E-state index in [9.17, 15) is 13.2 Å². The van der Waals surface area contributed by atoms with Crippen LogP contribution >= 0.6 is 10.7 Å². The van der Waals surface area contributed by atoms with Crippen LogP contribution in [0, 0.1) is 5.92 Å². The van der Waals surface area contributed by atoms with E-state index < -0.39 is 9.05 Å². The molecule has 2 rings (SSSR count). The zero-order valence-corrected chi connectivity index (χ0v) is 13.2. The van der Waals surface area contributed by atoms with Crippen molar-refractivity contribution in [2.75, 3.05) is 0 Å². The number of carbonyl (C=O) groups excluding carboxylic acids is 1. The lowest BCUT2D eigenvalue weighted by Crippen LogP contribution is -2.35. The molecule has 1 fully saturated rings. The van der Waals surface area contributed by atoms with E-state index in [1.807, 2.05) is 13.8 Å². The molecule has 1 atom stereocenters. The highest BCUT2D eigenvalue weighted by atomic mass is 35.7. The number of amides is 1. The fraction of sp³-hybridized carbons (Fsp3) is 0.615. The molecule has 1 aliphatic rings. The predicted molar refractivity (Wildman–Crippen MR) is 77.4 cm³/mol. The lowest BCUT2D eigenvalue weighted by atomic mass is 10.2. The third kappa shape index (κ3) is 3.55. The Bertz CT molecular complexity index is 605. The Balaban J connectivity index is 2.23. The van der Waals surface area contributed by atoms with Crippen molar-refractivity contribution >= 4 is 25.6 Å². The highest BCUT2D eigenvalue weighted by Crippen LogP contribution is 2.32. The van der Waals surface area contributed by atoms with Crippen LogP contribution in [-0.4, -0.2) is 24.9 Å². The fourth-order valence-electron chi connectivity index (χ4n) is 2.23. The number of nitrogens with zero attached hydrogens (tertiary/aromatic N) is 1. The second-order valence-corrected chi connectivity index (χ2v) is 7.86. The molecule has 1 aromatic rings. The van der Waals surface area contributed by atoms with Crippen molar-refractivity contribution in [2.45, 2.75) is 50.6 Å². The standard InChI is InChI=1S/C13H19ClN2O3S/c1-3-6-16-8-11(20(14,18)19)7-12(16)13(17)15-9(2)10-4-5-10/h7-10H,3-6H2,1-2H3,(H,15,17). The molecule has 0 bridgehead atoms. The molecule has 0 spiro atoms. The minimum absolute atomic E-state index is 0.0307. The zero-order valence-electron chi connectivity index (χ0n) is 11.6. The Hall–Kier alpha value is -1.01. The monoisotopic (exact) mass is 318 g/mol. The first-order chi connectivity index (χ1) is 9.32. The largest absolute Gasteiger partial charge is 0.348 e. The number of rotatable bonds is 6. The third-order valence-corrected chi connectivity index (χ3v) is 4.86. The molecular formula is C13H19ClN2O3S. The van der Waals surface area contributed by atoms with Crippen LogP contribution in [0.2, 0.25) is 0 Å². The molecule has 1 saturated carbocycles. The minimum Gasteiger partial charge on any atom is -0.348 e. The lowest BCUT2D eigenvalue weighted by Gasteiger charge is -2.14. The van der Waals surface area contributed by atoms with Gasteiger partial charge in [-0.25, -0.2) is 8.42 Å². The van der Waals surface area contributed by atoms with Gasteiger partial charge >= 0.3 is 0 Å². The van der Waals surface area contributed by atoms with Crippen LogP contribution in [0.1, 0.15) is 43.6 Å². The Morgan fingerprint density at radius 1 is 1.55 bits per heavy atom. The predicted octanol–water partition coefficient (Wildman–Crippen LogP) is 2.35. The average Bonchev–Trinajstić information content (AvgIpc) is 3.09. The second kappa shape index (κ2) is 5.77. The Morgan fingerprint density at radius 3 is 2.70 bits per heavy atom. The Kier molecular flexibility index (Phi) is 4.44. The van der Waals surface area contributed by atoms with E-state index in [-0.39, 0.29) is 16.8 Å². The molecule has 1 heterocycles. The van der Waals surface area contributed by atoms with Gasteiger partial charge in [0.25, 0.3) is 15.0 Å². The van der Waals surface area contributed by atoms with Gasteiger partial charge in [-0.1, -0.05) is 6.92 Å². The average molecular weight is 319 g/mol. The molecule has 7 heteroatoms. The van der Waals surface area contributed by atoms with Gasteiger partial charge in [-0.05, 0) is 38.2 Å². The molecule has 0 aromatic carbocycles. The number of aromatic nitrogens is 1. The summed E-state index contributed by atoms with van der Waals surface area (Å²) >= 11 is 0. The topological polar surface area (TPSA) is 68.2 Å². The van der Waals surface area contributed by atoms with Crippen LogP contribution in [-0.2, 0) is 15.6 Å². The lowest BCUT2D eigenvalue weighted by molar-refractivity contribution is 0.0926. The first kappa shape index (κ1) is 15.4. The van der Waals surface area contributed by atoms with E-state index >= 15 is 0 Å². The molecule has 1 unspecified atom stereocenters. The molecule has 1 aliphatic carbocycles. The maximum absolute atomic E-state index is 12.3. The van der Waals surface area contributed by atoms with Crippen molar-refractivity contribution in [1.29, 1.82) is 0 Å². The van der Waals surface area contributed by atoms with Gasteiger partial charge in [-0.15, -0.1) is 0 Å². The quantitative estimate of drug-likeness (QED) is 0.819. The maximum atomic E-state index is 12.3. The van der Waals surface area contributed by atoms with Crippen LogP contribution in [0.25, 0.3) is 0 Å². The van der Waals surface area contributed by atoms with Gasteiger partial charge in [0, 0.05) is 29.5 Å². The third-order valence-electron chi connectivity index (χ3n) is 3.54. The van der Waals surface area contributed by atoms with Crippen molar-refractivity contribution < 1.29 is 13.2 Å². The van der Waals surface area contributed by atoms with Crippen LogP contribution < -0.4 is 5.32 Å². The van der Waals surface area contributed by atoms with E-state index in [0.29, 0.717) is 18.2 Å². The number of hydrogen-bond donors (Lipinski definition) is 1. The molecule has 1 aromatic heterocycles. The summed E-state index contributed by atoms with van der Waals surface area (Å²) in [5.74, 6) is 0.300. The molecule has 0 radical (unpaired) electrons. The molecule has 0 saturated heterocycles. The summed E-state index contributed by atoms with van der Waals surface area (Å²) in [5.41, 5.74) is 0.346. The van der Waals surface area contributed by atoms with Gasteiger partial charge in [0.15, 0.2) is 0 Å². The van der Waals surface area contributed by atoms with Gasteiger partial charge in [-0.2, -0.15) is 0 Å². The van der Waals surface area contributed by atoms with E-state index in [1.54, 1.807) is 4.57 Å². The zero-order chi connectivity index (χ0) is 14.9. The Morgan fingerprint density at radius 2 is 2.20 bits per heavy atom. The summed E-state index contributed by atoms with van der Waals surface area (Å²) in [5, 5.41) is 2.92. The molecule has 112 valence electrons. The first-order valence-corrected chi connectivity index (χ1v) is 9.09. The van der Waals surface area contributed by atoms with E-state index in [4.69, 9.17) is 10.7 Å². The molecule has 0 aliphatic heterocycles. The molecule has 1 N–H and O–H groups in total. The number of nitrogens with one attached hydrogen (secondary N) is 1. The smallest absolute Gasteiger partial charge is 0.268 e. The van der Waals surface area contributed by atoms with Crippen LogP contribution in [0.4, 0.5) is 0 Å². The fourth-order valence-corrected chi connectivity index (χ4v) is 2.99. The van der Waals surface area contributed by atoms with Crippen molar-refractivity contribution in [3.8, 4) is 0 Å². The van der Waals surface area contributed by atoms with E-state index in [0.717, 1.165) is 19.3 Å². The summed E-state index contributed by atoms with van der Waals surface area (Å²) in [6.07, 6.45) is 4.49. The van der Waals surface area contributed by atoms with Crippen molar-refractivity contribution in [3.05, 3.63) is 18.0 Å². The first-order valence-electron chi connectivity index (χ1n) is 6.78. The normalized spacial score (nSPS) is 16.9. The molecule has 5 nitrogen and oxygen atoms in total. The SMILES string of the molecule is CCCn1cc(S(=O)(=O)Cl)cc1C(=O)NC(C)C1CC1. The second-order valence-electron chi connectivity index (χ2n) is 5.29. The minimum atomic E-state index is -3.82. The van der Waals surface area contributed by atoms with Crippen LogP contribution in [0.3, 0.4) is 0 Å². The van der Waals surface area contributed by atoms with Crippen molar-refractivity contribution in [3.63, 3.8) is 0 Å². The van der Waals surface area contributed by atoms with Crippen LogP contribution in [0.5, 0.6) is 0 Å². The van der Waals surface area contributed by atoms with Gasteiger partial charge in [-0.3, -0.25) is 4.79 Å². The highest BCUT2D eigenvalue weighted by Gasteiger charge is 2.30. The number of aryl methyl sites for hydroxylation is 1.